The van der Waals surface area contributed by atoms with Crippen LogP contribution in [-0.4, -0.2) is 29.6 Å². The van der Waals surface area contributed by atoms with Crippen LogP contribution in [0.15, 0.2) is 28.9 Å². The van der Waals surface area contributed by atoms with Gasteiger partial charge in [0.15, 0.2) is 11.5 Å². The highest BCUT2D eigenvalue weighted by Crippen LogP contribution is 2.18. The molecule has 7 heteroatoms. The van der Waals surface area contributed by atoms with Crippen molar-refractivity contribution in [3.8, 4) is 0 Å². The van der Waals surface area contributed by atoms with Gasteiger partial charge in [0.2, 0.25) is 0 Å². The molecule has 0 radical (unpaired) electrons. The number of ether oxygens (including phenoxy) is 1. The lowest BCUT2D eigenvalue weighted by Crippen LogP contribution is -2.32. The molecule has 2 heterocycles. The number of carbonyl (C=O) groups excluding carboxylic acids is 1. The zero-order chi connectivity index (χ0) is 15.2. The Balaban J connectivity index is 2.16. The van der Waals surface area contributed by atoms with Gasteiger partial charge in [-0.15, -0.1) is 0 Å². The third-order valence-electron chi connectivity index (χ3n) is 2.95. The van der Waals surface area contributed by atoms with Crippen LogP contribution in [0.1, 0.15) is 35.0 Å². The first-order valence-electron chi connectivity index (χ1n) is 6.60. The molecule has 0 aromatic carbocycles. The Kier molecular flexibility index (Phi) is 4.89. The van der Waals surface area contributed by atoms with Crippen LogP contribution in [0.3, 0.4) is 0 Å². The number of carbonyl (C=O) groups is 1. The van der Waals surface area contributed by atoms with Gasteiger partial charge in [0.25, 0.3) is 5.91 Å². The first-order chi connectivity index (χ1) is 10.2. The van der Waals surface area contributed by atoms with Crippen LogP contribution in [0.25, 0.3) is 0 Å². The van der Waals surface area contributed by atoms with Gasteiger partial charge >= 0.3 is 0 Å². The molecule has 2 rings (SSSR count). The van der Waals surface area contributed by atoms with Crippen LogP contribution >= 0.6 is 0 Å². The molecule has 0 aliphatic heterocycles. The summed E-state index contributed by atoms with van der Waals surface area (Å²) in [5.41, 5.74) is 5.73. The standard InChI is InChI=1S/C14H18N4O3/c1-3-9-4-5-11(21-9)10(8-20-2)18-14(19)12-13(15)17-7-6-16-12/h4-7,10H,3,8H2,1-2H3,(H2,15,17)(H,18,19)/t10-/m0/s1. The monoisotopic (exact) mass is 290 g/mol. The summed E-state index contributed by atoms with van der Waals surface area (Å²) >= 11 is 0. The Morgan fingerprint density at radius 3 is 2.81 bits per heavy atom. The van der Waals surface area contributed by atoms with E-state index in [1.54, 1.807) is 7.11 Å². The van der Waals surface area contributed by atoms with E-state index in [0.29, 0.717) is 5.76 Å². The molecule has 3 N–H and O–H groups in total. The summed E-state index contributed by atoms with van der Waals surface area (Å²) in [7, 11) is 1.56. The van der Waals surface area contributed by atoms with Crippen LogP contribution in [0, 0.1) is 0 Å². The largest absolute Gasteiger partial charge is 0.464 e. The van der Waals surface area contributed by atoms with Crippen molar-refractivity contribution in [1.29, 1.82) is 0 Å². The minimum absolute atomic E-state index is 0.0832. The van der Waals surface area contributed by atoms with E-state index in [1.165, 1.54) is 12.4 Å². The third kappa shape index (κ3) is 3.57. The summed E-state index contributed by atoms with van der Waals surface area (Å²) in [6.07, 6.45) is 3.63. The van der Waals surface area contributed by atoms with Crippen LogP contribution in [0.4, 0.5) is 5.82 Å². The number of amides is 1. The van der Waals surface area contributed by atoms with E-state index in [4.69, 9.17) is 14.9 Å². The van der Waals surface area contributed by atoms with Gasteiger partial charge in [-0.2, -0.15) is 0 Å². The van der Waals surface area contributed by atoms with E-state index in [9.17, 15) is 4.79 Å². The van der Waals surface area contributed by atoms with Crippen molar-refractivity contribution in [2.75, 3.05) is 19.5 Å². The molecule has 1 amide bonds. The van der Waals surface area contributed by atoms with Crippen molar-refractivity contribution >= 4 is 11.7 Å². The van der Waals surface area contributed by atoms with Crippen molar-refractivity contribution in [3.63, 3.8) is 0 Å². The van der Waals surface area contributed by atoms with E-state index >= 15 is 0 Å². The van der Waals surface area contributed by atoms with Gasteiger partial charge in [0, 0.05) is 25.9 Å². The van der Waals surface area contributed by atoms with Crippen LogP contribution < -0.4 is 11.1 Å². The van der Waals surface area contributed by atoms with Crippen molar-refractivity contribution in [2.24, 2.45) is 0 Å². The molecule has 2 aromatic rings. The fraction of sp³-hybridized carbons (Fsp3) is 0.357. The summed E-state index contributed by atoms with van der Waals surface area (Å²) < 4.78 is 10.8. The van der Waals surface area contributed by atoms with Crippen molar-refractivity contribution in [2.45, 2.75) is 19.4 Å². The molecule has 0 aliphatic rings. The summed E-state index contributed by atoms with van der Waals surface area (Å²) in [5.74, 6) is 1.14. The number of rotatable bonds is 6. The Bertz CT molecular complexity index is 612. The minimum atomic E-state index is -0.419. The molecule has 2 aromatic heterocycles. The van der Waals surface area contributed by atoms with Gasteiger partial charge in [-0.05, 0) is 12.1 Å². The number of hydrogen-bond donors (Lipinski definition) is 2. The van der Waals surface area contributed by atoms with Crippen molar-refractivity contribution in [1.82, 2.24) is 15.3 Å². The molecular formula is C14H18N4O3. The molecule has 1 atom stereocenters. The predicted molar refractivity (Wildman–Crippen MR) is 76.6 cm³/mol. The third-order valence-corrected chi connectivity index (χ3v) is 2.95. The highest BCUT2D eigenvalue weighted by molar-refractivity contribution is 5.96. The lowest BCUT2D eigenvalue weighted by molar-refractivity contribution is 0.0878. The maximum atomic E-state index is 12.2. The second-order valence-electron chi connectivity index (χ2n) is 4.43. The zero-order valence-corrected chi connectivity index (χ0v) is 12.0. The van der Waals surface area contributed by atoms with Crippen LogP contribution in [0.2, 0.25) is 0 Å². The second kappa shape index (κ2) is 6.85. The fourth-order valence-electron chi connectivity index (χ4n) is 1.88. The van der Waals surface area contributed by atoms with Gasteiger partial charge in [0.05, 0.1) is 6.61 Å². The minimum Gasteiger partial charge on any atom is -0.464 e. The number of furan rings is 1. The number of methoxy groups -OCH3 is 1. The number of nitrogens with two attached hydrogens (primary N) is 1. The maximum absolute atomic E-state index is 12.2. The molecule has 0 unspecified atom stereocenters. The highest BCUT2D eigenvalue weighted by atomic mass is 16.5. The first-order valence-corrected chi connectivity index (χ1v) is 6.60. The van der Waals surface area contributed by atoms with E-state index in [2.05, 4.69) is 15.3 Å². The molecule has 0 bridgehead atoms. The van der Waals surface area contributed by atoms with E-state index in [-0.39, 0.29) is 18.1 Å². The SMILES string of the molecule is CCc1ccc([C@H](COC)NC(=O)c2nccnc2N)o1. The molecule has 0 aliphatic carbocycles. The van der Waals surface area contributed by atoms with E-state index < -0.39 is 11.9 Å². The number of aryl methyl sites for hydroxylation is 1. The number of anilines is 1. The molecule has 0 saturated heterocycles. The lowest BCUT2D eigenvalue weighted by atomic mass is 10.2. The normalized spacial score (nSPS) is 12.1. The molecule has 0 fully saturated rings. The van der Waals surface area contributed by atoms with Crippen LogP contribution in [0.5, 0.6) is 0 Å². The van der Waals surface area contributed by atoms with Gasteiger partial charge in [-0.3, -0.25) is 4.79 Å². The van der Waals surface area contributed by atoms with Crippen LogP contribution in [-0.2, 0) is 11.2 Å². The Labute approximate surface area is 122 Å². The van der Waals surface area contributed by atoms with Crippen molar-refractivity contribution < 1.29 is 13.9 Å². The smallest absolute Gasteiger partial charge is 0.274 e. The zero-order valence-electron chi connectivity index (χ0n) is 12.0. The molecule has 7 nitrogen and oxygen atoms in total. The number of aromatic nitrogens is 2. The number of nitrogen functional groups attached to an aromatic ring is 1. The van der Waals surface area contributed by atoms with Gasteiger partial charge in [0.1, 0.15) is 17.6 Å². The predicted octanol–water partition coefficient (Wildman–Crippen LogP) is 1.33. The topological polar surface area (TPSA) is 103 Å². The fourth-order valence-corrected chi connectivity index (χ4v) is 1.88. The summed E-state index contributed by atoms with van der Waals surface area (Å²) in [6.45, 7) is 2.27. The number of nitrogens with zero attached hydrogens (tertiary/aromatic N) is 2. The lowest BCUT2D eigenvalue weighted by Gasteiger charge is -2.15. The Morgan fingerprint density at radius 2 is 2.19 bits per heavy atom. The second-order valence-corrected chi connectivity index (χ2v) is 4.43. The molecular weight excluding hydrogens is 272 g/mol. The van der Waals surface area contributed by atoms with E-state index in [0.717, 1.165) is 12.2 Å². The quantitative estimate of drug-likeness (QED) is 0.832. The van der Waals surface area contributed by atoms with Crippen molar-refractivity contribution in [3.05, 3.63) is 41.7 Å². The average Bonchev–Trinajstić information content (AvgIpc) is 2.96. The summed E-state index contributed by atoms with van der Waals surface area (Å²) in [6, 6.07) is 3.29. The Morgan fingerprint density at radius 1 is 1.43 bits per heavy atom. The first kappa shape index (κ1) is 15.0. The van der Waals surface area contributed by atoms with Gasteiger partial charge in [-0.1, -0.05) is 6.92 Å². The molecule has 0 spiro atoms. The van der Waals surface area contributed by atoms with Gasteiger partial charge < -0.3 is 20.2 Å². The molecule has 112 valence electrons. The number of hydrogen-bond acceptors (Lipinski definition) is 6. The maximum Gasteiger partial charge on any atom is 0.274 e. The summed E-state index contributed by atoms with van der Waals surface area (Å²) in [5, 5.41) is 2.79. The average molecular weight is 290 g/mol. The van der Waals surface area contributed by atoms with E-state index in [1.807, 2.05) is 19.1 Å². The summed E-state index contributed by atoms with van der Waals surface area (Å²) in [4.78, 5) is 20.0. The highest BCUT2D eigenvalue weighted by Gasteiger charge is 2.21. The van der Waals surface area contributed by atoms with Gasteiger partial charge in [-0.25, -0.2) is 9.97 Å². The molecule has 0 saturated carbocycles. The Hall–Kier alpha value is -2.41. The molecule has 21 heavy (non-hydrogen) atoms. The number of nitrogens with one attached hydrogen (secondary N) is 1.